The summed E-state index contributed by atoms with van der Waals surface area (Å²) in [6, 6.07) is -0.820. The number of carboxylic acid groups (broad SMARTS) is 1. The molecule has 0 bridgehead atoms. The summed E-state index contributed by atoms with van der Waals surface area (Å²) in [5.74, 6) is -0.909. The molecule has 1 atom stereocenters. The number of aliphatic imine (C=N–C) groups is 1. The van der Waals surface area contributed by atoms with Crippen LogP contribution in [0.15, 0.2) is 16.1 Å². The summed E-state index contributed by atoms with van der Waals surface area (Å²) in [6.07, 6.45) is 2.35. The first-order valence-electron chi connectivity index (χ1n) is 6.54. The molecule has 0 aliphatic carbocycles. The summed E-state index contributed by atoms with van der Waals surface area (Å²) >= 11 is 0. The molecule has 0 spiro atoms. The predicted molar refractivity (Wildman–Crippen MR) is 84.4 cm³/mol. The normalized spacial score (nSPS) is 11.3. The van der Waals surface area contributed by atoms with Crippen molar-refractivity contribution >= 4 is 29.0 Å². The number of nitrogens with zero attached hydrogens (tertiary/aromatic N) is 3. The van der Waals surface area contributed by atoms with Gasteiger partial charge in [0.15, 0.2) is 17.1 Å². The molecule has 0 radical (unpaired) electrons. The van der Waals surface area contributed by atoms with Crippen molar-refractivity contribution in [2.45, 2.75) is 18.9 Å². The lowest BCUT2D eigenvalue weighted by Crippen LogP contribution is -2.30. The summed E-state index contributed by atoms with van der Waals surface area (Å²) in [5.41, 5.74) is 21.0. The number of rotatable bonds is 5. The number of nitrogen functional groups attached to an aromatic ring is 1. The van der Waals surface area contributed by atoms with Gasteiger partial charge in [0.25, 0.3) is 5.56 Å². The SMILES string of the molecule is NC(N)=NCCC[C@H](N)C(=O)O.Nc1nc2nc[nH]c2c(=O)[nH]1. The molecule has 0 unspecified atom stereocenters. The number of aliphatic carboxylic acids is 1. The summed E-state index contributed by atoms with van der Waals surface area (Å²) in [5, 5.41) is 8.38. The largest absolute Gasteiger partial charge is 0.480 e. The lowest BCUT2D eigenvalue weighted by molar-refractivity contribution is -0.138. The minimum Gasteiger partial charge on any atom is -0.480 e. The van der Waals surface area contributed by atoms with Crippen molar-refractivity contribution in [1.29, 1.82) is 0 Å². The Labute approximate surface area is 130 Å². The highest BCUT2D eigenvalue weighted by Crippen LogP contribution is 1.98. The van der Waals surface area contributed by atoms with Gasteiger partial charge in [0.1, 0.15) is 6.04 Å². The van der Waals surface area contributed by atoms with Crippen LogP contribution < -0.4 is 28.5 Å². The molecule has 11 N–H and O–H groups in total. The molecule has 0 saturated heterocycles. The first kappa shape index (κ1) is 17.9. The van der Waals surface area contributed by atoms with Crippen LogP contribution in [-0.4, -0.2) is 49.6 Å². The van der Waals surface area contributed by atoms with Crippen LogP contribution in [0.2, 0.25) is 0 Å². The number of aromatic nitrogens is 4. The zero-order valence-corrected chi connectivity index (χ0v) is 12.2. The average molecular weight is 325 g/mol. The lowest BCUT2D eigenvalue weighted by atomic mass is 10.2. The Hall–Kier alpha value is -3.15. The number of H-pyrrole nitrogens is 2. The number of aromatic amines is 2. The van der Waals surface area contributed by atoms with Gasteiger partial charge >= 0.3 is 5.97 Å². The Morgan fingerprint density at radius 1 is 1.43 bits per heavy atom. The van der Waals surface area contributed by atoms with Crippen LogP contribution in [-0.2, 0) is 4.79 Å². The molecule has 2 aromatic heterocycles. The molecule has 0 saturated carbocycles. The summed E-state index contributed by atoms with van der Waals surface area (Å²) in [7, 11) is 0. The molecule has 12 heteroatoms. The second-order valence-corrected chi connectivity index (χ2v) is 4.45. The van der Waals surface area contributed by atoms with Crippen LogP contribution in [0.1, 0.15) is 12.8 Å². The third kappa shape index (κ3) is 6.01. The molecular formula is C11H19N9O3. The van der Waals surface area contributed by atoms with E-state index in [4.69, 9.17) is 28.0 Å². The molecule has 0 aliphatic heterocycles. The van der Waals surface area contributed by atoms with Gasteiger partial charge in [0.2, 0.25) is 5.95 Å². The highest BCUT2D eigenvalue weighted by Gasteiger charge is 2.09. The topological polar surface area (TPSA) is 228 Å². The monoisotopic (exact) mass is 325 g/mol. The smallest absolute Gasteiger partial charge is 0.320 e. The highest BCUT2D eigenvalue weighted by atomic mass is 16.4. The van der Waals surface area contributed by atoms with Gasteiger partial charge in [0.05, 0.1) is 6.33 Å². The first-order chi connectivity index (χ1) is 10.8. The minimum atomic E-state index is -1.00. The zero-order valence-electron chi connectivity index (χ0n) is 12.2. The Bertz CT molecular complexity index is 732. The van der Waals surface area contributed by atoms with Crippen molar-refractivity contribution in [1.82, 2.24) is 19.9 Å². The number of anilines is 1. The lowest BCUT2D eigenvalue weighted by Gasteiger charge is -2.03. The van der Waals surface area contributed by atoms with Gasteiger partial charge in [-0.15, -0.1) is 0 Å². The van der Waals surface area contributed by atoms with E-state index in [2.05, 4.69) is 24.9 Å². The molecule has 0 amide bonds. The third-order valence-corrected chi connectivity index (χ3v) is 2.60. The van der Waals surface area contributed by atoms with E-state index in [0.717, 1.165) is 0 Å². The summed E-state index contributed by atoms with van der Waals surface area (Å²) in [6.45, 7) is 0.420. The number of hydrogen-bond donors (Lipinski definition) is 7. The van der Waals surface area contributed by atoms with Gasteiger partial charge in [-0.1, -0.05) is 0 Å². The summed E-state index contributed by atoms with van der Waals surface area (Å²) in [4.78, 5) is 37.4. The number of nitrogens with one attached hydrogen (secondary N) is 2. The molecule has 2 aromatic rings. The Kier molecular flexibility index (Phi) is 6.48. The fourth-order valence-corrected chi connectivity index (χ4v) is 1.50. The van der Waals surface area contributed by atoms with E-state index in [1.807, 2.05) is 0 Å². The number of carbonyl (C=O) groups is 1. The van der Waals surface area contributed by atoms with Crippen molar-refractivity contribution in [3.8, 4) is 0 Å². The van der Waals surface area contributed by atoms with Gasteiger partial charge in [-0.05, 0) is 12.8 Å². The van der Waals surface area contributed by atoms with E-state index in [1.165, 1.54) is 6.33 Å². The Morgan fingerprint density at radius 3 is 2.74 bits per heavy atom. The number of carboxylic acids is 1. The molecule has 0 aromatic carbocycles. The summed E-state index contributed by atoms with van der Waals surface area (Å²) < 4.78 is 0. The van der Waals surface area contributed by atoms with Crippen LogP contribution in [0.3, 0.4) is 0 Å². The fraction of sp³-hybridized carbons (Fsp3) is 0.364. The van der Waals surface area contributed by atoms with Crippen molar-refractivity contribution in [3.63, 3.8) is 0 Å². The second kappa shape index (κ2) is 8.33. The van der Waals surface area contributed by atoms with Gasteiger partial charge < -0.3 is 33.0 Å². The maximum absolute atomic E-state index is 11.0. The number of hydrogen-bond acceptors (Lipinski definition) is 7. The molecule has 23 heavy (non-hydrogen) atoms. The number of guanidine groups is 1. The van der Waals surface area contributed by atoms with Gasteiger partial charge in [-0.25, -0.2) is 4.98 Å². The predicted octanol–water partition coefficient (Wildman–Crippen LogP) is -2.32. The van der Waals surface area contributed by atoms with Crippen LogP contribution in [0.25, 0.3) is 11.2 Å². The number of fused-ring (bicyclic) bond motifs is 1. The van der Waals surface area contributed by atoms with Crippen molar-refractivity contribution in [3.05, 3.63) is 16.7 Å². The minimum absolute atomic E-state index is 0.0129. The zero-order chi connectivity index (χ0) is 17.4. The fourth-order valence-electron chi connectivity index (χ4n) is 1.50. The molecule has 2 rings (SSSR count). The highest BCUT2D eigenvalue weighted by molar-refractivity contribution is 5.75. The van der Waals surface area contributed by atoms with Gasteiger partial charge in [0, 0.05) is 6.54 Å². The standard InChI is InChI=1S/C6H14N4O2.C5H5N5O/c7-4(5(11)12)2-1-3-10-6(8)9;6-5-9-3-2(4(11)10-5)7-1-8-3/h4H,1-3,7H2,(H,11,12)(H4,8,9,10);1H,(H4,6,7,8,9,10,11)/t4-;/m0./s1. The maximum Gasteiger partial charge on any atom is 0.320 e. The van der Waals surface area contributed by atoms with E-state index in [0.29, 0.717) is 30.6 Å². The van der Waals surface area contributed by atoms with Crippen LogP contribution in [0.4, 0.5) is 5.95 Å². The van der Waals surface area contributed by atoms with Crippen molar-refractivity contribution in [2.75, 3.05) is 12.3 Å². The van der Waals surface area contributed by atoms with Gasteiger partial charge in [-0.3, -0.25) is 19.6 Å². The Morgan fingerprint density at radius 2 is 2.13 bits per heavy atom. The van der Waals surface area contributed by atoms with E-state index in [-0.39, 0.29) is 17.5 Å². The maximum atomic E-state index is 11.0. The second-order valence-electron chi connectivity index (χ2n) is 4.45. The van der Waals surface area contributed by atoms with E-state index >= 15 is 0 Å². The van der Waals surface area contributed by atoms with E-state index < -0.39 is 12.0 Å². The van der Waals surface area contributed by atoms with Crippen LogP contribution in [0, 0.1) is 0 Å². The van der Waals surface area contributed by atoms with Gasteiger partial charge in [-0.2, -0.15) is 4.98 Å². The Balaban J connectivity index is 0.000000230. The molecule has 126 valence electrons. The number of imidazole rings is 1. The first-order valence-corrected chi connectivity index (χ1v) is 6.54. The molecule has 2 heterocycles. The molecular weight excluding hydrogens is 306 g/mol. The van der Waals surface area contributed by atoms with Crippen molar-refractivity contribution in [2.24, 2.45) is 22.2 Å². The molecule has 0 aliphatic rings. The average Bonchev–Trinajstić information content (AvgIpc) is 2.92. The van der Waals surface area contributed by atoms with Crippen LogP contribution in [0.5, 0.6) is 0 Å². The number of nitrogens with two attached hydrogens (primary N) is 4. The molecule has 0 fully saturated rings. The van der Waals surface area contributed by atoms with Crippen molar-refractivity contribution < 1.29 is 9.90 Å². The van der Waals surface area contributed by atoms with E-state index in [1.54, 1.807) is 0 Å². The third-order valence-electron chi connectivity index (χ3n) is 2.60. The quantitative estimate of drug-likeness (QED) is 0.177. The van der Waals surface area contributed by atoms with E-state index in [9.17, 15) is 9.59 Å². The molecule has 12 nitrogen and oxygen atoms in total. The van der Waals surface area contributed by atoms with Crippen LogP contribution >= 0.6 is 0 Å².